The lowest BCUT2D eigenvalue weighted by atomic mass is 10.0. The second-order valence-electron chi connectivity index (χ2n) is 5.60. The Hall–Kier alpha value is -1.88. The summed E-state index contributed by atoms with van der Waals surface area (Å²) >= 11 is 0. The van der Waals surface area contributed by atoms with Gasteiger partial charge in [0.05, 0.1) is 11.3 Å². The van der Waals surface area contributed by atoms with E-state index >= 15 is 0 Å². The van der Waals surface area contributed by atoms with Gasteiger partial charge >= 0.3 is 0 Å². The fourth-order valence-corrected chi connectivity index (χ4v) is 2.44. The van der Waals surface area contributed by atoms with Crippen LogP contribution < -0.4 is 10.2 Å². The summed E-state index contributed by atoms with van der Waals surface area (Å²) in [7, 11) is 0. The molecule has 0 fully saturated rings. The molecule has 0 aromatic heterocycles. The molecule has 0 radical (unpaired) electrons. The minimum absolute atomic E-state index is 0.0997. The summed E-state index contributed by atoms with van der Waals surface area (Å²) in [6.07, 6.45) is 0.734. The van der Waals surface area contributed by atoms with Gasteiger partial charge in [-0.1, -0.05) is 12.1 Å². The Labute approximate surface area is 125 Å². The summed E-state index contributed by atoms with van der Waals surface area (Å²) in [6.45, 7) is 7.20. The Balaban J connectivity index is 2.31. The molecule has 2 amide bonds. The molecule has 1 aliphatic rings. The Morgan fingerprint density at radius 3 is 2.67 bits per heavy atom. The van der Waals surface area contributed by atoms with Crippen LogP contribution in [0.4, 0.5) is 5.69 Å². The zero-order valence-electron chi connectivity index (χ0n) is 12.8. The highest BCUT2D eigenvalue weighted by Crippen LogP contribution is 2.27. The topological polar surface area (TPSA) is 58.6 Å². The van der Waals surface area contributed by atoms with Crippen molar-refractivity contribution in [2.24, 2.45) is 0 Å². The van der Waals surface area contributed by atoms with Gasteiger partial charge in [0.25, 0.3) is 11.8 Å². The number of carbonyl (C=O) groups is 2. The summed E-state index contributed by atoms with van der Waals surface area (Å²) < 4.78 is 5.33. The van der Waals surface area contributed by atoms with E-state index in [0.29, 0.717) is 31.0 Å². The van der Waals surface area contributed by atoms with Crippen molar-refractivity contribution >= 4 is 17.5 Å². The van der Waals surface area contributed by atoms with Crippen LogP contribution in [0.3, 0.4) is 0 Å². The molecule has 0 saturated heterocycles. The summed E-state index contributed by atoms with van der Waals surface area (Å²) in [5, 5.41) is 2.79. The first-order valence-corrected chi connectivity index (χ1v) is 7.28. The summed E-state index contributed by atoms with van der Waals surface area (Å²) in [5.74, 6) is -0.312. The standard InChI is InChI=1S/C16H22N2O3/c1-4-21-11-7-10-18-13-9-6-5-8-12(13)14(19)17-16(2,3)15(18)20/h5-6,8-9H,4,7,10-11H2,1-3H3,(H,17,19). The Morgan fingerprint density at radius 1 is 1.24 bits per heavy atom. The molecule has 2 rings (SSSR count). The van der Waals surface area contributed by atoms with Crippen LogP contribution in [-0.4, -0.2) is 37.1 Å². The zero-order chi connectivity index (χ0) is 15.5. The van der Waals surface area contributed by atoms with Crippen molar-refractivity contribution in [1.29, 1.82) is 0 Å². The van der Waals surface area contributed by atoms with Gasteiger partial charge in [0.1, 0.15) is 5.54 Å². The number of nitrogens with zero attached hydrogens (tertiary/aromatic N) is 1. The molecule has 1 aliphatic heterocycles. The van der Waals surface area contributed by atoms with Crippen molar-refractivity contribution in [3.05, 3.63) is 29.8 Å². The third-order valence-electron chi connectivity index (χ3n) is 3.52. The van der Waals surface area contributed by atoms with E-state index in [1.54, 1.807) is 30.9 Å². The number of para-hydroxylation sites is 1. The maximum atomic E-state index is 12.7. The van der Waals surface area contributed by atoms with Crippen molar-refractivity contribution < 1.29 is 14.3 Å². The number of nitrogens with one attached hydrogen (secondary N) is 1. The van der Waals surface area contributed by atoms with E-state index < -0.39 is 5.54 Å². The molecule has 114 valence electrons. The van der Waals surface area contributed by atoms with Crippen LogP contribution in [0.2, 0.25) is 0 Å². The molecule has 1 aromatic carbocycles. The number of hydrogen-bond acceptors (Lipinski definition) is 3. The quantitative estimate of drug-likeness (QED) is 0.843. The number of amides is 2. The molecule has 5 heteroatoms. The number of rotatable bonds is 5. The minimum atomic E-state index is -0.915. The second-order valence-corrected chi connectivity index (χ2v) is 5.60. The van der Waals surface area contributed by atoms with Crippen molar-refractivity contribution in [2.45, 2.75) is 32.7 Å². The van der Waals surface area contributed by atoms with Crippen LogP contribution in [0.5, 0.6) is 0 Å². The van der Waals surface area contributed by atoms with Crippen LogP contribution in [0.25, 0.3) is 0 Å². The van der Waals surface area contributed by atoms with Crippen molar-refractivity contribution in [3.8, 4) is 0 Å². The van der Waals surface area contributed by atoms with Gasteiger partial charge in [-0.25, -0.2) is 0 Å². The maximum Gasteiger partial charge on any atom is 0.254 e. The third kappa shape index (κ3) is 3.24. The highest BCUT2D eigenvalue weighted by molar-refractivity contribution is 6.12. The first kappa shape index (κ1) is 15.5. The number of benzene rings is 1. The van der Waals surface area contributed by atoms with Gasteiger partial charge in [-0.3, -0.25) is 9.59 Å². The molecule has 0 spiro atoms. The molecular formula is C16H22N2O3. The van der Waals surface area contributed by atoms with E-state index in [2.05, 4.69) is 5.32 Å². The van der Waals surface area contributed by atoms with Gasteiger partial charge in [-0.2, -0.15) is 0 Å². The van der Waals surface area contributed by atoms with Crippen molar-refractivity contribution in [3.63, 3.8) is 0 Å². The number of hydrogen-bond donors (Lipinski definition) is 1. The molecule has 0 unspecified atom stereocenters. The van der Waals surface area contributed by atoms with Crippen LogP contribution in [-0.2, 0) is 9.53 Å². The van der Waals surface area contributed by atoms with Crippen LogP contribution in [0.1, 0.15) is 37.6 Å². The fourth-order valence-electron chi connectivity index (χ4n) is 2.44. The van der Waals surface area contributed by atoms with E-state index in [0.717, 1.165) is 6.42 Å². The Bertz CT molecular complexity index is 540. The number of carbonyl (C=O) groups excluding carboxylic acids is 2. The molecule has 1 aromatic rings. The highest BCUT2D eigenvalue weighted by atomic mass is 16.5. The monoisotopic (exact) mass is 290 g/mol. The minimum Gasteiger partial charge on any atom is -0.382 e. The predicted octanol–water partition coefficient (Wildman–Crippen LogP) is 1.97. The van der Waals surface area contributed by atoms with Gasteiger partial charge in [-0.15, -0.1) is 0 Å². The Kier molecular flexibility index (Phi) is 4.63. The number of fused-ring (bicyclic) bond motifs is 1. The SMILES string of the molecule is CCOCCCN1C(=O)C(C)(C)NC(=O)c2ccccc21. The first-order valence-electron chi connectivity index (χ1n) is 7.28. The summed E-state index contributed by atoms with van der Waals surface area (Å²) in [5.41, 5.74) is 0.289. The molecule has 0 atom stereocenters. The van der Waals surface area contributed by atoms with E-state index in [9.17, 15) is 9.59 Å². The first-order chi connectivity index (χ1) is 9.97. The molecular weight excluding hydrogens is 268 g/mol. The molecule has 0 bridgehead atoms. The fraction of sp³-hybridized carbons (Fsp3) is 0.500. The van der Waals surface area contributed by atoms with Gasteiger partial charge in [-0.05, 0) is 39.3 Å². The Morgan fingerprint density at radius 2 is 1.95 bits per heavy atom. The maximum absolute atomic E-state index is 12.7. The molecule has 0 saturated carbocycles. The largest absolute Gasteiger partial charge is 0.382 e. The van der Waals surface area contributed by atoms with E-state index in [1.807, 2.05) is 19.1 Å². The lowest BCUT2D eigenvalue weighted by Crippen LogP contribution is -2.54. The van der Waals surface area contributed by atoms with Crippen LogP contribution in [0.15, 0.2) is 24.3 Å². The lowest BCUT2D eigenvalue weighted by molar-refractivity contribution is -0.123. The van der Waals surface area contributed by atoms with Gasteiger partial charge in [0.15, 0.2) is 0 Å². The lowest BCUT2D eigenvalue weighted by Gasteiger charge is -2.29. The summed E-state index contributed by atoms with van der Waals surface area (Å²) in [4.78, 5) is 26.7. The average molecular weight is 290 g/mol. The normalized spacial score (nSPS) is 17.2. The van der Waals surface area contributed by atoms with Crippen molar-refractivity contribution in [1.82, 2.24) is 5.32 Å². The smallest absolute Gasteiger partial charge is 0.254 e. The van der Waals surface area contributed by atoms with Gasteiger partial charge in [0, 0.05) is 19.8 Å². The van der Waals surface area contributed by atoms with Crippen LogP contribution in [0, 0.1) is 0 Å². The zero-order valence-corrected chi connectivity index (χ0v) is 12.8. The average Bonchev–Trinajstić information content (AvgIpc) is 2.52. The highest BCUT2D eigenvalue weighted by Gasteiger charge is 2.38. The molecule has 1 N–H and O–H groups in total. The van der Waals surface area contributed by atoms with Gasteiger partial charge < -0.3 is 15.0 Å². The third-order valence-corrected chi connectivity index (χ3v) is 3.52. The van der Waals surface area contributed by atoms with E-state index in [-0.39, 0.29) is 11.8 Å². The molecule has 1 heterocycles. The number of ether oxygens (including phenoxy) is 1. The molecule has 21 heavy (non-hydrogen) atoms. The summed E-state index contributed by atoms with van der Waals surface area (Å²) in [6, 6.07) is 7.20. The van der Waals surface area contributed by atoms with Crippen LogP contribution >= 0.6 is 0 Å². The van der Waals surface area contributed by atoms with Gasteiger partial charge in [0.2, 0.25) is 0 Å². The predicted molar refractivity (Wildman–Crippen MR) is 81.5 cm³/mol. The number of anilines is 1. The van der Waals surface area contributed by atoms with Crippen molar-refractivity contribution in [2.75, 3.05) is 24.7 Å². The molecule has 0 aliphatic carbocycles. The van der Waals surface area contributed by atoms with E-state index in [4.69, 9.17) is 4.74 Å². The molecule has 5 nitrogen and oxygen atoms in total. The van der Waals surface area contributed by atoms with E-state index in [1.165, 1.54) is 0 Å². The second kappa shape index (κ2) is 6.26.